The van der Waals surface area contributed by atoms with E-state index >= 15 is 0 Å². The summed E-state index contributed by atoms with van der Waals surface area (Å²) >= 11 is 3.71. The minimum Gasteiger partial charge on any atom is -0.442 e. The molecule has 1 amide bonds. The number of hydrogen-bond donors (Lipinski definition) is 0. The molecule has 3 aromatic rings. The van der Waals surface area contributed by atoms with E-state index in [1.54, 1.807) is 6.20 Å². The van der Waals surface area contributed by atoms with Crippen molar-refractivity contribution >= 4 is 37.6 Å². The molecule has 0 saturated heterocycles. The van der Waals surface area contributed by atoms with Gasteiger partial charge in [-0.05, 0) is 59.5 Å². The number of carbonyl (C=O) groups excluding carboxylic acids is 1. The van der Waals surface area contributed by atoms with Crippen LogP contribution in [0.1, 0.15) is 40.3 Å². The molecule has 4 nitrogen and oxygen atoms in total. The maximum absolute atomic E-state index is 13.3. The minimum atomic E-state index is 0.0194. The second-order valence-electron chi connectivity index (χ2n) is 7.16. The van der Waals surface area contributed by atoms with E-state index in [-0.39, 0.29) is 12.3 Å². The van der Waals surface area contributed by atoms with Crippen LogP contribution in [0.15, 0.2) is 53.1 Å². The number of benzene rings is 2. The number of anilines is 1. The van der Waals surface area contributed by atoms with Crippen molar-refractivity contribution in [1.29, 1.82) is 0 Å². The summed E-state index contributed by atoms with van der Waals surface area (Å²) in [6.45, 7) is 6.56. The molecule has 0 bridgehead atoms. The van der Waals surface area contributed by atoms with E-state index in [0.29, 0.717) is 12.4 Å². The number of amides is 1. The number of halogens is 1. The first kappa shape index (κ1) is 18.7. The fourth-order valence-corrected chi connectivity index (χ4v) is 4.08. The summed E-state index contributed by atoms with van der Waals surface area (Å²) in [4.78, 5) is 19.5. The molecule has 1 aromatic heterocycles. The highest BCUT2D eigenvalue weighted by Crippen LogP contribution is 2.41. The van der Waals surface area contributed by atoms with Crippen LogP contribution in [0.4, 0.5) is 5.69 Å². The lowest BCUT2D eigenvalue weighted by Gasteiger charge is -2.23. The van der Waals surface area contributed by atoms with Gasteiger partial charge in [0.05, 0.1) is 24.8 Å². The lowest BCUT2D eigenvalue weighted by molar-refractivity contribution is -0.117. The fourth-order valence-electron chi connectivity index (χ4n) is 3.44. The van der Waals surface area contributed by atoms with Gasteiger partial charge >= 0.3 is 0 Å². The molecule has 0 unspecified atom stereocenters. The molecule has 1 aliphatic heterocycles. The van der Waals surface area contributed by atoms with Crippen LogP contribution < -0.4 is 4.90 Å². The molecule has 0 atom stereocenters. The van der Waals surface area contributed by atoms with Crippen LogP contribution in [-0.2, 0) is 11.3 Å². The van der Waals surface area contributed by atoms with E-state index in [1.807, 2.05) is 36.1 Å². The Morgan fingerprint density at radius 2 is 1.89 bits per heavy atom. The van der Waals surface area contributed by atoms with Crippen molar-refractivity contribution in [2.45, 2.75) is 33.7 Å². The summed E-state index contributed by atoms with van der Waals surface area (Å²) in [6.07, 6.45) is 1.90. The Morgan fingerprint density at radius 3 is 2.61 bits per heavy atom. The molecule has 0 N–H and O–H groups in total. The zero-order valence-electron chi connectivity index (χ0n) is 16.1. The molecular formula is C23H21BrN2O2. The summed E-state index contributed by atoms with van der Waals surface area (Å²) < 4.78 is 6.57. The lowest BCUT2D eigenvalue weighted by atomic mass is 10.1. The van der Waals surface area contributed by atoms with Crippen LogP contribution in [0.2, 0.25) is 0 Å². The van der Waals surface area contributed by atoms with Crippen molar-refractivity contribution in [3.63, 3.8) is 0 Å². The van der Waals surface area contributed by atoms with Crippen LogP contribution in [0.3, 0.4) is 0 Å². The van der Waals surface area contributed by atoms with Gasteiger partial charge in [-0.3, -0.25) is 4.79 Å². The SMILES string of the molecule is Cc1cnc(C2=C(Br)c3ccccc3N(Cc3ccc(C)c(C)c3)C(=O)C2)o1. The predicted molar refractivity (Wildman–Crippen MR) is 115 cm³/mol. The first-order valence-electron chi connectivity index (χ1n) is 9.21. The van der Waals surface area contributed by atoms with Crippen molar-refractivity contribution in [2.24, 2.45) is 0 Å². The maximum Gasteiger partial charge on any atom is 0.231 e. The number of aryl methyl sites for hydroxylation is 3. The molecule has 0 spiro atoms. The summed E-state index contributed by atoms with van der Waals surface area (Å²) in [5, 5.41) is 0. The number of fused-ring (bicyclic) bond motifs is 1. The van der Waals surface area contributed by atoms with Crippen molar-refractivity contribution < 1.29 is 9.21 Å². The number of aromatic nitrogens is 1. The molecule has 0 aliphatic carbocycles. The molecule has 0 fully saturated rings. The molecular weight excluding hydrogens is 416 g/mol. The van der Waals surface area contributed by atoms with Gasteiger partial charge in [0.1, 0.15) is 5.76 Å². The molecule has 142 valence electrons. The highest BCUT2D eigenvalue weighted by atomic mass is 79.9. The van der Waals surface area contributed by atoms with Gasteiger partial charge in [-0.25, -0.2) is 4.98 Å². The van der Waals surface area contributed by atoms with Gasteiger partial charge in [0.25, 0.3) is 0 Å². The summed E-state index contributed by atoms with van der Waals surface area (Å²) in [7, 11) is 0. The van der Waals surface area contributed by atoms with Crippen LogP contribution in [0.5, 0.6) is 0 Å². The third kappa shape index (κ3) is 3.42. The third-order valence-corrected chi connectivity index (χ3v) is 6.02. The fraction of sp³-hybridized carbons (Fsp3) is 0.217. The van der Waals surface area contributed by atoms with Crippen LogP contribution in [0, 0.1) is 20.8 Å². The van der Waals surface area contributed by atoms with Crippen LogP contribution in [-0.4, -0.2) is 10.9 Å². The largest absolute Gasteiger partial charge is 0.442 e. The van der Waals surface area contributed by atoms with Gasteiger partial charge in [0, 0.05) is 15.6 Å². The zero-order chi connectivity index (χ0) is 19.8. The van der Waals surface area contributed by atoms with Crippen molar-refractivity contribution in [3.8, 4) is 0 Å². The molecule has 4 rings (SSSR count). The van der Waals surface area contributed by atoms with E-state index in [0.717, 1.165) is 32.6 Å². The van der Waals surface area contributed by atoms with E-state index in [4.69, 9.17) is 4.42 Å². The van der Waals surface area contributed by atoms with E-state index < -0.39 is 0 Å². The van der Waals surface area contributed by atoms with Gasteiger partial charge < -0.3 is 9.32 Å². The number of hydrogen-bond acceptors (Lipinski definition) is 3. The highest BCUT2D eigenvalue weighted by molar-refractivity contribution is 9.15. The topological polar surface area (TPSA) is 46.3 Å². The molecule has 5 heteroatoms. The van der Waals surface area contributed by atoms with Gasteiger partial charge in [-0.15, -0.1) is 0 Å². The molecule has 1 aliphatic rings. The number of para-hydroxylation sites is 1. The van der Waals surface area contributed by atoms with Gasteiger partial charge in [0.2, 0.25) is 11.8 Å². The maximum atomic E-state index is 13.3. The molecule has 2 heterocycles. The number of carbonyl (C=O) groups is 1. The second-order valence-corrected chi connectivity index (χ2v) is 7.95. The van der Waals surface area contributed by atoms with Gasteiger partial charge in [-0.2, -0.15) is 0 Å². The van der Waals surface area contributed by atoms with E-state index in [9.17, 15) is 4.79 Å². The Kier molecular flexibility index (Phi) is 4.94. The zero-order valence-corrected chi connectivity index (χ0v) is 17.7. The number of rotatable bonds is 3. The van der Waals surface area contributed by atoms with Gasteiger partial charge in [-0.1, -0.05) is 36.4 Å². The molecule has 0 radical (unpaired) electrons. The van der Waals surface area contributed by atoms with E-state index in [1.165, 1.54) is 11.1 Å². The number of oxazole rings is 1. The Labute approximate surface area is 173 Å². The second kappa shape index (κ2) is 7.40. The molecule has 2 aromatic carbocycles. The van der Waals surface area contributed by atoms with Gasteiger partial charge in [0.15, 0.2) is 0 Å². The Balaban J connectivity index is 1.78. The van der Waals surface area contributed by atoms with Crippen molar-refractivity contribution in [2.75, 3.05) is 4.90 Å². The standard InChI is InChI=1S/C23H21BrN2O2/c1-14-8-9-17(10-15(14)2)13-26-20-7-5-4-6-18(20)22(24)19(11-21(26)27)23-25-12-16(3)28-23/h4-10,12H,11,13H2,1-3H3. The van der Waals surface area contributed by atoms with Crippen molar-refractivity contribution in [3.05, 3.63) is 82.6 Å². The molecule has 28 heavy (non-hydrogen) atoms. The normalized spacial score (nSPS) is 14.3. The minimum absolute atomic E-state index is 0.0194. The van der Waals surface area contributed by atoms with Crippen molar-refractivity contribution in [1.82, 2.24) is 4.98 Å². The number of nitrogens with zero attached hydrogens (tertiary/aromatic N) is 2. The summed E-state index contributed by atoms with van der Waals surface area (Å²) in [5.74, 6) is 1.23. The average molecular weight is 437 g/mol. The first-order chi connectivity index (χ1) is 13.4. The lowest BCUT2D eigenvalue weighted by Crippen LogP contribution is -2.30. The first-order valence-corrected chi connectivity index (χ1v) is 10.0. The van der Waals surface area contributed by atoms with Crippen LogP contribution >= 0.6 is 15.9 Å². The smallest absolute Gasteiger partial charge is 0.231 e. The summed E-state index contributed by atoms with van der Waals surface area (Å²) in [6, 6.07) is 14.3. The third-order valence-electron chi connectivity index (χ3n) is 5.12. The predicted octanol–water partition coefficient (Wildman–Crippen LogP) is 5.80. The Morgan fingerprint density at radius 1 is 1.11 bits per heavy atom. The average Bonchev–Trinajstić information content (AvgIpc) is 3.08. The Hall–Kier alpha value is -2.66. The monoisotopic (exact) mass is 436 g/mol. The molecule has 0 saturated carbocycles. The van der Waals surface area contributed by atoms with Crippen LogP contribution in [0.25, 0.3) is 10.1 Å². The quantitative estimate of drug-likeness (QED) is 0.520. The highest BCUT2D eigenvalue weighted by Gasteiger charge is 2.29. The summed E-state index contributed by atoms with van der Waals surface area (Å²) in [5.41, 5.74) is 6.20. The Bertz CT molecular complexity index is 1100. The van der Waals surface area contributed by atoms with E-state index in [2.05, 4.69) is 53.0 Å².